The van der Waals surface area contributed by atoms with Gasteiger partial charge in [-0.3, -0.25) is 19.3 Å². The minimum Gasteiger partial charge on any atom is -0.390 e. The molecule has 2 saturated heterocycles. The number of aliphatic hydroxyl groups is 1. The van der Waals surface area contributed by atoms with E-state index in [1.54, 1.807) is 11.9 Å². The molecule has 0 spiro atoms. The molecule has 2 heterocycles. The first-order valence-electron chi connectivity index (χ1n) is 14.8. The van der Waals surface area contributed by atoms with E-state index >= 15 is 0 Å². The fourth-order valence-corrected chi connectivity index (χ4v) is 6.97. The second-order valence-corrected chi connectivity index (χ2v) is 13.0. The third-order valence-electron chi connectivity index (χ3n) is 8.81. The van der Waals surface area contributed by atoms with E-state index in [-0.39, 0.29) is 54.2 Å². The molecule has 0 bridgehead atoms. The van der Waals surface area contributed by atoms with Crippen LogP contribution in [0.1, 0.15) is 71.3 Å². The molecule has 1 saturated carbocycles. The molecule has 1 aromatic rings. The van der Waals surface area contributed by atoms with Gasteiger partial charge in [0.05, 0.1) is 12.1 Å². The van der Waals surface area contributed by atoms with E-state index in [0.717, 1.165) is 18.5 Å². The summed E-state index contributed by atoms with van der Waals surface area (Å²) in [6, 6.07) is 9.72. The lowest BCUT2D eigenvalue weighted by Crippen LogP contribution is -2.59. The van der Waals surface area contributed by atoms with Gasteiger partial charge in [-0.15, -0.1) is 0 Å². The van der Waals surface area contributed by atoms with Crippen LogP contribution < -0.4 is 10.6 Å². The smallest absolute Gasteiger partial charge is 0.237 e. The van der Waals surface area contributed by atoms with Gasteiger partial charge in [0, 0.05) is 50.6 Å². The number of aliphatic hydroxyl groups excluding tert-OH is 1. The molecule has 0 aromatic heterocycles. The van der Waals surface area contributed by atoms with E-state index in [1.165, 1.54) is 25.7 Å². The number of amides is 3. The van der Waals surface area contributed by atoms with Gasteiger partial charge in [-0.05, 0) is 63.9 Å². The minimum absolute atomic E-state index is 0.0311. The number of hydrogen-bond acceptors (Lipinski definition) is 5. The Labute approximate surface area is 233 Å². The number of rotatable bonds is 9. The zero-order chi connectivity index (χ0) is 28.2. The zero-order valence-corrected chi connectivity index (χ0v) is 24.2. The fraction of sp³-hybridized carbons (Fsp3) is 0.710. The molecule has 1 aromatic carbocycles. The Balaban J connectivity index is 1.47. The average molecular weight is 541 g/mol. The Kier molecular flexibility index (Phi) is 9.70. The maximum Gasteiger partial charge on any atom is 0.237 e. The quantitative estimate of drug-likeness (QED) is 0.447. The van der Waals surface area contributed by atoms with Crippen molar-refractivity contribution in [1.29, 1.82) is 0 Å². The van der Waals surface area contributed by atoms with Crippen LogP contribution in [0.4, 0.5) is 0 Å². The number of nitrogens with zero attached hydrogens (tertiary/aromatic N) is 2. The van der Waals surface area contributed by atoms with E-state index in [2.05, 4.69) is 27.7 Å². The molecule has 3 aliphatic rings. The van der Waals surface area contributed by atoms with Crippen molar-refractivity contribution in [2.75, 3.05) is 26.7 Å². The molecule has 8 heteroatoms. The summed E-state index contributed by atoms with van der Waals surface area (Å²) in [6.07, 6.45) is 6.31. The molecule has 1 aliphatic carbocycles. The molecule has 3 fully saturated rings. The van der Waals surface area contributed by atoms with Crippen molar-refractivity contribution in [3.63, 3.8) is 0 Å². The number of β-amino-alcohol motifs (C(OH)–C–C–N with tert-alkyl or cyclic N) is 1. The second kappa shape index (κ2) is 12.8. The van der Waals surface area contributed by atoms with E-state index < -0.39 is 6.10 Å². The number of benzene rings is 1. The van der Waals surface area contributed by atoms with Crippen molar-refractivity contribution in [2.45, 2.75) is 95.9 Å². The van der Waals surface area contributed by atoms with E-state index in [9.17, 15) is 19.5 Å². The molecular formula is C31H48N4O4. The summed E-state index contributed by atoms with van der Waals surface area (Å²) in [6.45, 7) is 7.36. The second-order valence-electron chi connectivity index (χ2n) is 13.0. The molecular weight excluding hydrogens is 492 g/mol. The van der Waals surface area contributed by atoms with Gasteiger partial charge in [0.2, 0.25) is 17.7 Å². The van der Waals surface area contributed by atoms with Crippen molar-refractivity contribution >= 4 is 17.7 Å². The van der Waals surface area contributed by atoms with Crippen molar-refractivity contribution < 1.29 is 19.5 Å². The Bertz CT molecular complexity index is 994. The highest BCUT2D eigenvalue weighted by Gasteiger charge is 2.43. The van der Waals surface area contributed by atoms with Crippen LogP contribution in [0.15, 0.2) is 30.3 Å². The first kappa shape index (κ1) is 29.5. The standard InChI is InChI=1S/C31H48N4O4/c1-31(2,3)33-29(38)27-16-22-12-8-9-13-23(22)18-34(27)19-26(36)20-35-25(14-21-10-6-5-7-11-21)15-24(30(35)39)17-28(37)32-4/h5-7,10-11,22-27,36H,8-9,12-20H2,1-4H3,(H,32,37)(H,33,38)/t22-,23+,24?,25-,26?,27?/m0/s1. The Morgan fingerprint density at radius 2 is 1.74 bits per heavy atom. The van der Waals surface area contributed by atoms with E-state index in [4.69, 9.17) is 0 Å². The third kappa shape index (κ3) is 7.82. The Hall–Kier alpha value is -2.45. The first-order valence-corrected chi connectivity index (χ1v) is 14.8. The van der Waals surface area contributed by atoms with Crippen molar-refractivity contribution in [3.05, 3.63) is 35.9 Å². The van der Waals surface area contributed by atoms with Crippen LogP contribution in [0.5, 0.6) is 0 Å². The van der Waals surface area contributed by atoms with Gasteiger partial charge in [-0.1, -0.05) is 49.6 Å². The largest absolute Gasteiger partial charge is 0.390 e. The molecule has 0 radical (unpaired) electrons. The van der Waals surface area contributed by atoms with Gasteiger partial charge in [-0.2, -0.15) is 0 Å². The topological polar surface area (TPSA) is 102 Å². The van der Waals surface area contributed by atoms with Crippen molar-refractivity contribution in [3.8, 4) is 0 Å². The normalized spacial score (nSPS) is 28.6. The molecule has 6 atom stereocenters. The number of piperidine rings is 1. The lowest BCUT2D eigenvalue weighted by atomic mass is 9.72. The third-order valence-corrected chi connectivity index (χ3v) is 8.81. The maximum atomic E-state index is 13.5. The van der Waals surface area contributed by atoms with Gasteiger partial charge < -0.3 is 20.6 Å². The predicted octanol–water partition coefficient (Wildman–Crippen LogP) is 2.74. The van der Waals surface area contributed by atoms with Crippen LogP contribution in [-0.4, -0.2) is 83.0 Å². The molecule has 3 unspecified atom stereocenters. The highest BCUT2D eigenvalue weighted by molar-refractivity contribution is 5.87. The number of fused-ring (bicyclic) bond motifs is 1. The van der Waals surface area contributed by atoms with E-state index in [1.807, 2.05) is 39.0 Å². The van der Waals surface area contributed by atoms with Crippen LogP contribution in [0.25, 0.3) is 0 Å². The molecule has 3 N–H and O–H groups in total. The molecule has 3 amide bonds. The highest BCUT2D eigenvalue weighted by Crippen LogP contribution is 2.39. The minimum atomic E-state index is -0.781. The highest BCUT2D eigenvalue weighted by atomic mass is 16.3. The van der Waals surface area contributed by atoms with Crippen molar-refractivity contribution in [2.24, 2.45) is 17.8 Å². The van der Waals surface area contributed by atoms with Gasteiger partial charge in [0.15, 0.2) is 0 Å². The lowest BCUT2D eigenvalue weighted by molar-refractivity contribution is -0.137. The SMILES string of the molecule is CNC(=O)CC1C[C@H](Cc2ccccc2)N(CC(O)CN2C[C@H]3CCCC[C@H]3CC2C(=O)NC(C)(C)C)C1=O. The maximum absolute atomic E-state index is 13.5. The Morgan fingerprint density at radius 3 is 2.41 bits per heavy atom. The number of hydrogen-bond donors (Lipinski definition) is 3. The van der Waals surface area contributed by atoms with Gasteiger partial charge in [-0.25, -0.2) is 0 Å². The Morgan fingerprint density at radius 1 is 1.05 bits per heavy atom. The van der Waals surface area contributed by atoms with Gasteiger partial charge >= 0.3 is 0 Å². The van der Waals surface area contributed by atoms with Gasteiger partial charge in [0.1, 0.15) is 0 Å². The number of nitrogens with one attached hydrogen (secondary N) is 2. The zero-order valence-electron chi connectivity index (χ0n) is 24.2. The van der Waals surface area contributed by atoms with Gasteiger partial charge in [0.25, 0.3) is 0 Å². The van der Waals surface area contributed by atoms with Crippen LogP contribution in [0.3, 0.4) is 0 Å². The van der Waals surface area contributed by atoms with Crippen LogP contribution in [-0.2, 0) is 20.8 Å². The summed E-state index contributed by atoms with van der Waals surface area (Å²) in [7, 11) is 1.59. The molecule has 2 aliphatic heterocycles. The summed E-state index contributed by atoms with van der Waals surface area (Å²) in [4.78, 5) is 42.9. The summed E-state index contributed by atoms with van der Waals surface area (Å²) < 4.78 is 0. The predicted molar refractivity (Wildman–Crippen MR) is 152 cm³/mol. The average Bonchev–Trinajstić information content (AvgIpc) is 3.16. The van der Waals surface area contributed by atoms with Crippen LogP contribution in [0.2, 0.25) is 0 Å². The lowest BCUT2D eigenvalue weighted by Gasteiger charge is -2.46. The summed E-state index contributed by atoms with van der Waals surface area (Å²) in [5, 5.41) is 17.2. The van der Waals surface area contributed by atoms with Crippen LogP contribution in [0, 0.1) is 17.8 Å². The molecule has 39 heavy (non-hydrogen) atoms. The summed E-state index contributed by atoms with van der Waals surface area (Å²) in [5.74, 6) is 0.561. The molecule has 4 rings (SSSR count). The monoisotopic (exact) mass is 540 g/mol. The molecule has 8 nitrogen and oxygen atoms in total. The number of likely N-dealkylation sites (tertiary alicyclic amines) is 2. The molecule has 216 valence electrons. The number of carbonyl (C=O) groups is 3. The first-order chi connectivity index (χ1) is 18.5. The summed E-state index contributed by atoms with van der Waals surface area (Å²) >= 11 is 0. The summed E-state index contributed by atoms with van der Waals surface area (Å²) in [5.41, 5.74) is 0.811. The van der Waals surface area contributed by atoms with Crippen LogP contribution >= 0.6 is 0 Å². The fourth-order valence-electron chi connectivity index (χ4n) is 6.97. The number of carbonyl (C=O) groups excluding carboxylic acids is 3. The van der Waals surface area contributed by atoms with E-state index in [0.29, 0.717) is 31.2 Å². The van der Waals surface area contributed by atoms with Crippen molar-refractivity contribution in [1.82, 2.24) is 20.4 Å².